The Bertz CT molecular complexity index is 122. The Labute approximate surface area is 352 Å². The van der Waals surface area contributed by atoms with E-state index in [0.29, 0.717) is 0 Å². The van der Waals surface area contributed by atoms with E-state index in [1.807, 2.05) is 4.90 Å². The molecular weight excluding hydrogens is 1000 g/mol. The van der Waals surface area contributed by atoms with Gasteiger partial charge >= 0.3 is 34.1 Å². The molecule has 0 aromatic rings. The zero-order valence-electron chi connectivity index (χ0n) is 15.3. The van der Waals surface area contributed by atoms with Gasteiger partial charge in [-0.1, -0.05) is 0 Å². The van der Waals surface area contributed by atoms with Crippen LogP contribution < -0.4 is 0 Å². The van der Waals surface area contributed by atoms with Crippen molar-refractivity contribution in [2.45, 2.75) is 0 Å². The Hall–Kier alpha value is 10.1. The topological polar surface area (TPSA) is 69.5 Å². The van der Waals surface area contributed by atoms with Crippen LogP contribution in [0.1, 0.15) is 0 Å². The van der Waals surface area contributed by atoms with Crippen molar-refractivity contribution < 1.29 is 241 Å². The third-order valence-electron chi connectivity index (χ3n) is 0.775. The molecule has 160 valence electrons. The molecule has 0 aromatic carbocycles. The summed E-state index contributed by atoms with van der Waals surface area (Å²) < 4.78 is 0. The summed E-state index contributed by atoms with van der Waals surface area (Å²) in [4.78, 5) is 3.51. The number of rotatable bonds is 3. The van der Waals surface area contributed by atoms with Crippen LogP contribution in [-0.4, -0.2) is 45.8 Å². The van der Waals surface area contributed by atoms with E-state index in [0.717, 1.165) is 25.0 Å². The molecule has 0 bridgehead atoms. The maximum atomic E-state index is 3.67. The summed E-state index contributed by atoms with van der Waals surface area (Å²) in [5.74, 6) is 0. The summed E-state index contributed by atoms with van der Waals surface area (Å²) in [6, 6.07) is 0. The van der Waals surface area contributed by atoms with E-state index in [9.17, 15) is 0 Å². The van der Waals surface area contributed by atoms with Crippen LogP contribution in [0.15, 0.2) is 0 Å². The van der Waals surface area contributed by atoms with Crippen molar-refractivity contribution in [2.24, 2.45) is 0 Å². The van der Waals surface area contributed by atoms with Crippen LogP contribution in [-0.2, 0) is 230 Å². The van der Waals surface area contributed by atoms with Gasteiger partial charge in [-0.3, -0.25) is 7.05 Å². The molecule has 0 aliphatic carbocycles. The van der Waals surface area contributed by atoms with Crippen molar-refractivity contribution in [3.8, 4) is 0 Å². The van der Waals surface area contributed by atoms with Crippen molar-refractivity contribution in [1.82, 2.24) is 9.80 Å². The third-order valence-corrected chi connectivity index (χ3v) is 2.32. The van der Waals surface area contributed by atoms with Crippen LogP contribution in [0.3, 0.4) is 0 Å². The average molecular weight is 1040 g/mol. The summed E-state index contributed by atoms with van der Waals surface area (Å²) in [7, 11) is 20.7. The van der Waals surface area contributed by atoms with E-state index < -0.39 is 0 Å². The molecule has 0 fully saturated rings. The van der Waals surface area contributed by atoms with Crippen molar-refractivity contribution >= 4 is 56.8 Å². The van der Waals surface area contributed by atoms with Gasteiger partial charge in [-0.05, 0) is 18.9 Å². The van der Waals surface area contributed by atoms with Gasteiger partial charge in [0.2, 0.25) is 0 Å². The molecule has 6 atom stereocenters. The molecule has 0 heterocycles. The van der Waals surface area contributed by atoms with Gasteiger partial charge in [0.1, 0.15) is 0 Å². The van der Waals surface area contributed by atoms with Gasteiger partial charge < -0.3 is 41.8 Å². The Balaban J connectivity index is -0.00000000446. The normalized spacial score (nSPS) is 4.85. The molecule has 4 N–H and O–H groups in total. The van der Waals surface area contributed by atoms with E-state index >= 15 is 0 Å². The Morgan fingerprint density at radius 2 is 0.692 bits per heavy atom. The largest absolute Gasteiger partial charge is 1.00 e. The van der Waals surface area contributed by atoms with Crippen LogP contribution >= 0.6 is 56.8 Å². The van der Waals surface area contributed by atoms with E-state index in [1.54, 1.807) is 4.90 Å². The number of hydrogen-bond donors (Lipinski definition) is 0. The minimum atomic E-state index is 0. The first-order valence-electron chi connectivity index (χ1n) is 4.03. The summed E-state index contributed by atoms with van der Waals surface area (Å²) in [5.41, 5.74) is 0. The van der Waals surface area contributed by atoms with Crippen LogP contribution in [0.5, 0.6) is 0 Å². The predicted octanol–water partition coefficient (Wildman–Crippen LogP) is 0.592. The smallest absolute Gasteiger partial charge is 0.607 e. The Kier molecular flexibility index (Phi) is 388. The zero-order chi connectivity index (χ0) is 12.0. The summed E-state index contributed by atoms with van der Waals surface area (Å²) in [6.45, 7) is 3.45. The van der Waals surface area contributed by atoms with Gasteiger partial charge in [0.05, 0.1) is 0 Å². The minimum Gasteiger partial charge on any atom is -0.607 e. The fraction of sp³-hybridized carbons (Fsp3) is 0.500. The molecular formula is C8H34Cu2N2O2P6Y6-2. The minimum absolute atomic E-state index is 0. The van der Waals surface area contributed by atoms with Gasteiger partial charge in [0.25, 0.3) is 0 Å². The third kappa shape index (κ3) is 144. The van der Waals surface area contributed by atoms with Gasteiger partial charge in [-0.2, -0.15) is 35.2 Å². The van der Waals surface area contributed by atoms with Crippen LogP contribution in [0.2, 0.25) is 0 Å². The molecule has 0 amide bonds. The molecule has 0 saturated carbocycles. The second kappa shape index (κ2) is 101. The maximum Gasteiger partial charge on any atom is 1.00 e. The molecule has 0 saturated heterocycles. The van der Waals surface area contributed by atoms with Gasteiger partial charge in [0, 0.05) is 196 Å². The van der Waals surface area contributed by atoms with Gasteiger partial charge in [-0.15, -0.1) is 27.7 Å². The van der Waals surface area contributed by atoms with Gasteiger partial charge in [-0.25, -0.2) is 0 Å². The first kappa shape index (κ1) is 99.9. The van der Waals surface area contributed by atoms with Crippen LogP contribution in [0, 0.1) is 28.1 Å². The van der Waals surface area contributed by atoms with Crippen LogP contribution in [0.4, 0.5) is 0 Å². The standard InChI is InChI=1S/C3H10NP2.C3H8NP.C2H6P.2Cu.2H2O.2H3P.6Y/c1-4(2-5)3-6;1-4(2)3-5;1-2-3;;;;;;;;;;;;/h1-3,5-6H2;1-3,5H2;1-3H2;;;2*1H2;2*1H3;;;;;;/q-1;-2;-1;2*+1;;;;;;;;;;. The average Bonchev–Trinajstić information content (AvgIpc) is 2.18. The first-order valence-corrected chi connectivity index (χ1v) is 7.30. The number of nitrogens with zero attached hydrogens (tertiary/aromatic N) is 2. The molecule has 0 rings (SSSR count). The monoisotopic (exact) mass is 1040 g/mol. The summed E-state index contributed by atoms with van der Waals surface area (Å²) in [6.07, 6.45) is 3.65. The molecule has 0 aliphatic heterocycles. The number of hydrogen-bond acceptors (Lipinski definition) is 2. The van der Waals surface area contributed by atoms with Crippen LogP contribution in [0.25, 0.3) is 0 Å². The van der Waals surface area contributed by atoms with Crippen molar-refractivity contribution in [3.63, 3.8) is 0 Å². The molecule has 26 heavy (non-hydrogen) atoms. The van der Waals surface area contributed by atoms with E-state index in [1.165, 1.54) is 0 Å². The fourth-order valence-corrected chi connectivity index (χ4v) is 0.671. The van der Waals surface area contributed by atoms with E-state index in [-0.39, 0.29) is 261 Å². The van der Waals surface area contributed by atoms with Crippen molar-refractivity contribution in [1.29, 1.82) is 0 Å². The van der Waals surface area contributed by atoms with E-state index in [2.05, 4.69) is 65.0 Å². The Morgan fingerprint density at radius 3 is 0.692 bits per heavy atom. The van der Waals surface area contributed by atoms with Gasteiger partial charge in [0.15, 0.2) is 0 Å². The summed E-state index contributed by atoms with van der Waals surface area (Å²) in [5, 5.41) is 0. The second-order valence-corrected chi connectivity index (χ2v) is 3.85. The molecule has 4 nitrogen and oxygen atoms in total. The maximum absolute atomic E-state index is 3.67. The van der Waals surface area contributed by atoms with Crippen molar-refractivity contribution in [3.05, 3.63) is 28.1 Å². The fourth-order valence-electron chi connectivity index (χ4n) is 0.0745. The molecule has 0 spiro atoms. The Morgan fingerprint density at radius 1 is 0.577 bits per heavy atom. The molecule has 18 heteroatoms. The van der Waals surface area contributed by atoms with Crippen molar-refractivity contribution in [2.75, 3.05) is 25.0 Å². The second-order valence-electron chi connectivity index (χ2n) is 2.18. The predicted molar refractivity (Wildman–Crippen MR) is 113 cm³/mol. The SMILES string of the molecule is O.O.P.P.[CH2-]CP.[CH2-]N(CP)CP.[CH2-]N([CH2-])CP.[Cu+].[Cu+].[Y].[Y].[Y].[Y].[Y].[Y]. The quantitative estimate of drug-likeness (QED) is 0.237. The molecule has 6 unspecified atom stereocenters. The first-order chi connectivity index (χ1) is 6.49. The molecule has 0 aromatic heterocycles. The zero-order valence-corrected chi connectivity index (χ0v) is 41.7. The summed E-state index contributed by atoms with van der Waals surface area (Å²) >= 11 is 0. The molecule has 6 radical (unpaired) electrons. The molecule has 0 aliphatic rings. The van der Waals surface area contributed by atoms with E-state index in [4.69, 9.17) is 0 Å².